The molecule has 1 nitrogen and oxygen atoms in total. The molecule has 4 aromatic rings. The average molecular weight is 410 g/mol. The maximum absolute atomic E-state index is 16.8. The summed E-state index contributed by atoms with van der Waals surface area (Å²) in [6.45, 7) is 0. The smallest absolute Gasteiger partial charge is 0.152 e. The summed E-state index contributed by atoms with van der Waals surface area (Å²) in [6, 6.07) is 33.5. The number of rotatable bonds is 3. The summed E-state index contributed by atoms with van der Waals surface area (Å²) in [5, 5.41) is 0. The van der Waals surface area contributed by atoms with Gasteiger partial charge in [-0.1, -0.05) is 97.1 Å². The SMILES string of the molecule is Fc1ccc([C@H]2C(F)[C@]3(c4ccccc4)O[C@@]2(c2ccccc2)c2ccccc23)cc1. The number of halogens is 2. The van der Waals surface area contributed by atoms with E-state index < -0.39 is 23.3 Å². The minimum absolute atomic E-state index is 0.338. The molecule has 0 aromatic heterocycles. The van der Waals surface area contributed by atoms with Crippen molar-refractivity contribution in [3.8, 4) is 0 Å². The molecule has 31 heavy (non-hydrogen) atoms. The highest BCUT2D eigenvalue weighted by Gasteiger charge is 2.72. The molecule has 0 amide bonds. The van der Waals surface area contributed by atoms with Gasteiger partial charge in [-0.05, 0) is 39.9 Å². The number of benzene rings is 4. The third-order valence-electron chi connectivity index (χ3n) is 6.80. The lowest BCUT2D eigenvalue weighted by Gasteiger charge is -2.37. The van der Waals surface area contributed by atoms with Crippen molar-refractivity contribution in [2.24, 2.45) is 0 Å². The molecule has 0 N–H and O–H groups in total. The maximum atomic E-state index is 16.8. The number of alkyl halides is 1. The molecule has 152 valence electrons. The highest BCUT2D eigenvalue weighted by Crippen LogP contribution is 2.69. The summed E-state index contributed by atoms with van der Waals surface area (Å²) in [7, 11) is 0. The van der Waals surface area contributed by atoms with E-state index in [0.717, 1.165) is 27.8 Å². The fourth-order valence-corrected chi connectivity index (χ4v) is 5.58. The van der Waals surface area contributed by atoms with Crippen molar-refractivity contribution in [3.63, 3.8) is 0 Å². The summed E-state index contributed by atoms with van der Waals surface area (Å²) in [5.41, 5.74) is 2.00. The van der Waals surface area contributed by atoms with Gasteiger partial charge in [-0.2, -0.15) is 0 Å². The first-order valence-corrected chi connectivity index (χ1v) is 10.5. The van der Waals surface area contributed by atoms with Crippen LogP contribution in [-0.2, 0) is 15.9 Å². The molecule has 2 aliphatic heterocycles. The Bertz CT molecular complexity index is 1240. The largest absolute Gasteiger partial charge is 0.346 e. The van der Waals surface area contributed by atoms with Gasteiger partial charge in [-0.3, -0.25) is 0 Å². The van der Waals surface area contributed by atoms with Crippen LogP contribution < -0.4 is 0 Å². The first-order valence-electron chi connectivity index (χ1n) is 10.5. The summed E-state index contributed by atoms with van der Waals surface area (Å²) in [6.07, 6.45) is -1.35. The minimum atomic E-state index is -1.35. The fraction of sp³-hybridized carbons (Fsp3) is 0.143. The molecule has 6 rings (SSSR count). The summed E-state index contributed by atoms with van der Waals surface area (Å²) < 4.78 is 37.5. The summed E-state index contributed by atoms with van der Waals surface area (Å²) in [5.74, 6) is -0.958. The number of hydrogen-bond donors (Lipinski definition) is 0. The van der Waals surface area contributed by atoms with Gasteiger partial charge in [0.15, 0.2) is 5.60 Å². The molecule has 2 aliphatic rings. The Morgan fingerprint density at radius 3 is 1.65 bits per heavy atom. The molecule has 1 fully saturated rings. The van der Waals surface area contributed by atoms with Crippen LogP contribution in [0.5, 0.6) is 0 Å². The van der Waals surface area contributed by atoms with Crippen molar-refractivity contribution < 1.29 is 13.5 Å². The Hall–Kier alpha value is -3.30. The van der Waals surface area contributed by atoms with Crippen molar-refractivity contribution in [1.82, 2.24) is 0 Å². The second-order valence-corrected chi connectivity index (χ2v) is 8.28. The number of ether oxygens (including phenoxy) is 1. The van der Waals surface area contributed by atoms with E-state index >= 15 is 4.39 Å². The molecule has 2 bridgehead atoms. The molecule has 0 spiro atoms. The Balaban J connectivity index is 1.70. The lowest BCUT2D eigenvalue weighted by molar-refractivity contribution is -0.0567. The lowest BCUT2D eigenvalue weighted by Crippen LogP contribution is -2.40. The molecule has 0 aliphatic carbocycles. The van der Waals surface area contributed by atoms with Crippen LogP contribution in [0.2, 0.25) is 0 Å². The van der Waals surface area contributed by atoms with Crippen molar-refractivity contribution in [3.05, 3.63) is 143 Å². The minimum Gasteiger partial charge on any atom is -0.346 e. The molecular weight excluding hydrogens is 390 g/mol. The van der Waals surface area contributed by atoms with Crippen LogP contribution in [0.1, 0.15) is 33.7 Å². The molecule has 4 aromatic carbocycles. The monoisotopic (exact) mass is 410 g/mol. The Morgan fingerprint density at radius 1 is 0.581 bits per heavy atom. The molecule has 1 saturated heterocycles. The van der Waals surface area contributed by atoms with Crippen LogP contribution in [0.25, 0.3) is 0 Å². The fourth-order valence-electron chi connectivity index (χ4n) is 5.58. The molecule has 1 unspecified atom stereocenters. The van der Waals surface area contributed by atoms with Crippen molar-refractivity contribution in [2.75, 3.05) is 0 Å². The number of fused-ring (bicyclic) bond motifs is 5. The van der Waals surface area contributed by atoms with Crippen molar-refractivity contribution in [1.29, 1.82) is 0 Å². The first kappa shape index (κ1) is 18.5. The van der Waals surface area contributed by atoms with E-state index in [0.29, 0.717) is 0 Å². The van der Waals surface area contributed by atoms with Crippen LogP contribution in [0.3, 0.4) is 0 Å². The summed E-state index contributed by atoms with van der Waals surface area (Å²) >= 11 is 0. The zero-order chi connectivity index (χ0) is 21.1. The van der Waals surface area contributed by atoms with E-state index in [1.54, 1.807) is 12.1 Å². The average Bonchev–Trinajstić information content (AvgIpc) is 3.29. The van der Waals surface area contributed by atoms with E-state index in [4.69, 9.17) is 4.74 Å². The van der Waals surface area contributed by atoms with Crippen molar-refractivity contribution >= 4 is 0 Å². The maximum Gasteiger partial charge on any atom is 0.152 e. The second-order valence-electron chi connectivity index (χ2n) is 8.28. The van der Waals surface area contributed by atoms with Gasteiger partial charge in [0, 0.05) is 0 Å². The topological polar surface area (TPSA) is 9.23 Å². The van der Waals surface area contributed by atoms with Crippen LogP contribution >= 0.6 is 0 Å². The zero-order valence-corrected chi connectivity index (χ0v) is 16.7. The standard InChI is InChI=1S/C28H20F2O/c29-22-17-15-19(16-18-22)25-26(30)28(21-11-5-2-6-12-21)24-14-8-7-13-23(24)27(25,31-28)20-9-3-1-4-10-20/h1-18,25-26H/t25-,26?,27-,28+/m0/s1. The van der Waals surface area contributed by atoms with Gasteiger partial charge in [-0.25, -0.2) is 8.78 Å². The zero-order valence-electron chi connectivity index (χ0n) is 16.7. The highest BCUT2D eigenvalue weighted by atomic mass is 19.1. The van der Waals surface area contributed by atoms with Gasteiger partial charge in [0.05, 0.1) is 5.92 Å². The van der Waals surface area contributed by atoms with E-state index in [1.165, 1.54) is 12.1 Å². The molecule has 2 heterocycles. The Morgan fingerprint density at radius 2 is 1.06 bits per heavy atom. The van der Waals surface area contributed by atoms with E-state index in [1.807, 2.05) is 84.9 Å². The van der Waals surface area contributed by atoms with Gasteiger partial charge in [0.2, 0.25) is 0 Å². The van der Waals surface area contributed by atoms with Crippen LogP contribution in [-0.4, -0.2) is 6.17 Å². The van der Waals surface area contributed by atoms with Crippen LogP contribution in [0.15, 0.2) is 109 Å². The lowest BCUT2D eigenvalue weighted by atomic mass is 9.63. The van der Waals surface area contributed by atoms with E-state index in [-0.39, 0.29) is 5.82 Å². The second kappa shape index (κ2) is 6.60. The van der Waals surface area contributed by atoms with E-state index in [2.05, 4.69) is 0 Å². The first-order chi connectivity index (χ1) is 15.2. The highest BCUT2D eigenvalue weighted by molar-refractivity contribution is 5.60. The third-order valence-corrected chi connectivity index (χ3v) is 6.80. The molecule has 0 radical (unpaired) electrons. The predicted octanol–water partition coefficient (Wildman–Crippen LogP) is 6.48. The predicted molar refractivity (Wildman–Crippen MR) is 116 cm³/mol. The summed E-state index contributed by atoms with van der Waals surface area (Å²) in [4.78, 5) is 0. The van der Waals surface area contributed by atoms with Gasteiger partial charge in [0.25, 0.3) is 0 Å². The van der Waals surface area contributed by atoms with Gasteiger partial charge < -0.3 is 4.74 Å². The molecular formula is C28H20F2O. The normalized spacial score (nSPS) is 28.5. The van der Waals surface area contributed by atoms with E-state index in [9.17, 15) is 4.39 Å². The Kier molecular flexibility index (Phi) is 3.93. The Labute approximate surface area is 179 Å². The molecule has 4 atom stereocenters. The molecule has 3 heteroatoms. The van der Waals surface area contributed by atoms with Gasteiger partial charge in [0.1, 0.15) is 17.6 Å². The third kappa shape index (κ3) is 2.33. The van der Waals surface area contributed by atoms with Gasteiger partial charge >= 0.3 is 0 Å². The molecule has 0 saturated carbocycles. The van der Waals surface area contributed by atoms with Gasteiger partial charge in [-0.15, -0.1) is 0 Å². The van der Waals surface area contributed by atoms with Crippen LogP contribution in [0.4, 0.5) is 8.78 Å². The quantitative estimate of drug-likeness (QED) is 0.376. The van der Waals surface area contributed by atoms with Crippen molar-refractivity contribution in [2.45, 2.75) is 23.3 Å². The number of hydrogen-bond acceptors (Lipinski definition) is 1. The van der Waals surface area contributed by atoms with Crippen LogP contribution in [0, 0.1) is 5.82 Å².